The lowest BCUT2D eigenvalue weighted by molar-refractivity contribution is 0.0736. The van der Waals surface area contributed by atoms with Crippen LogP contribution in [0.3, 0.4) is 0 Å². The van der Waals surface area contributed by atoms with Gasteiger partial charge in [-0.05, 0) is 20.3 Å². The largest absolute Gasteiger partial charge is 0.330 e. The van der Waals surface area contributed by atoms with Crippen molar-refractivity contribution < 1.29 is 4.79 Å². The van der Waals surface area contributed by atoms with Crippen molar-refractivity contribution in [3.8, 4) is 0 Å². The molecule has 3 aromatic rings. The molecule has 4 rings (SSSR count). The molecule has 134 valence electrons. The minimum atomic E-state index is -0.0828. The van der Waals surface area contributed by atoms with E-state index >= 15 is 0 Å². The summed E-state index contributed by atoms with van der Waals surface area (Å²) in [5.41, 5.74) is 2.11. The summed E-state index contributed by atoms with van der Waals surface area (Å²) in [4.78, 5) is 27.2. The number of amides is 1. The van der Waals surface area contributed by atoms with Gasteiger partial charge in [0.25, 0.3) is 5.91 Å². The lowest BCUT2D eigenvalue weighted by Gasteiger charge is -2.20. The molecule has 1 aliphatic heterocycles. The van der Waals surface area contributed by atoms with Gasteiger partial charge >= 0.3 is 0 Å². The Morgan fingerprint density at radius 1 is 1.19 bits per heavy atom. The monoisotopic (exact) mass is 352 g/mol. The number of carbonyl (C=O) groups excluding carboxylic acids is 1. The Kier molecular flexibility index (Phi) is 4.19. The Hall–Kier alpha value is -3.10. The lowest BCUT2D eigenvalue weighted by Crippen LogP contribution is -2.32. The average Bonchev–Trinajstić information content (AvgIpc) is 3.22. The lowest BCUT2D eigenvalue weighted by atomic mass is 10.1. The molecule has 26 heavy (non-hydrogen) atoms. The fraction of sp³-hybridized carbons (Fsp3) is 0.412. The van der Waals surface area contributed by atoms with Crippen LogP contribution in [0.15, 0.2) is 25.0 Å². The normalized spacial score (nSPS) is 14.2. The van der Waals surface area contributed by atoms with E-state index in [1.165, 1.54) is 6.33 Å². The van der Waals surface area contributed by atoms with Crippen LogP contribution in [-0.4, -0.2) is 51.6 Å². The first-order valence-corrected chi connectivity index (χ1v) is 8.57. The topological polar surface area (TPSA) is 94.6 Å². The molecule has 4 heterocycles. The molecular weight excluding hydrogens is 332 g/mol. The molecular formula is C17H20N8O. The maximum absolute atomic E-state index is 13.0. The number of rotatable bonds is 3. The number of nitrogens with zero attached hydrogens (tertiary/aromatic N) is 8. The van der Waals surface area contributed by atoms with Crippen LogP contribution in [0.2, 0.25) is 0 Å². The third kappa shape index (κ3) is 2.96. The number of fused-ring (bicyclic) bond motifs is 1. The van der Waals surface area contributed by atoms with E-state index in [4.69, 9.17) is 0 Å². The van der Waals surface area contributed by atoms with Crippen molar-refractivity contribution in [3.63, 3.8) is 0 Å². The zero-order valence-corrected chi connectivity index (χ0v) is 14.8. The number of aromatic nitrogens is 7. The molecule has 0 aliphatic carbocycles. The van der Waals surface area contributed by atoms with Gasteiger partial charge in [0.1, 0.15) is 12.0 Å². The molecule has 0 saturated heterocycles. The van der Waals surface area contributed by atoms with Crippen LogP contribution < -0.4 is 0 Å². The van der Waals surface area contributed by atoms with Gasteiger partial charge in [-0.25, -0.2) is 15.0 Å². The second-order valence-corrected chi connectivity index (χ2v) is 6.43. The SMILES string of the molecule is Cc1ncnc(C(=O)N2CCCn3c(nnc3Cn3ccnc3)C2)c1C. The van der Waals surface area contributed by atoms with Crippen LogP contribution >= 0.6 is 0 Å². The Balaban J connectivity index is 1.58. The molecule has 0 atom stereocenters. The number of hydrogen-bond donors (Lipinski definition) is 0. The number of imidazole rings is 1. The smallest absolute Gasteiger partial charge is 0.273 e. The fourth-order valence-corrected chi connectivity index (χ4v) is 3.15. The molecule has 0 aromatic carbocycles. The molecule has 9 heteroatoms. The molecule has 0 radical (unpaired) electrons. The Bertz CT molecular complexity index is 930. The molecule has 0 saturated carbocycles. The Labute approximate surface area is 150 Å². The molecule has 0 spiro atoms. The van der Waals surface area contributed by atoms with E-state index in [9.17, 15) is 4.79 Å². The van der Waals surface area contributed by atoms with Crippen molar-refractivity contribution in [2.45, 2.75) is 39.9 Å². The minimum Gasteiger partial charge on any atom is -0.330 e. The zero-order valence-electron chi connectivity index (χ0n) is 14.8. The second-order valence-electron chi connectivity index (χ2n) is 6.43. The first-order chi connectivity index (χ1) is 12.6. The first-order valence-electron chi connectivity index (χ1n) is 8.57. The summed E-state index contributed by atoms with van der Waals surface area (Å²) in [6, 6.07) is 0. The van der Waals surface area contributed by atoms with E-state index < -0.39 is 0 Å². The van der Waals surface area contributed by atoms with Gasteiger partial charge in [-0.2, -0.15) is 0 Å². The molecule has 0 unspecified atom stereocenters. The minimum absolute atomic E-state index is 0.0828. The van der Waals surface area contributed by atoms with E-state index in [1.54, 1.807) is 17.4 Å². The predicted octanol–water partition coefficient (Wildman–Crippen LogP) is 0.976. The predicted molar refractivity (Wildman–Crippen MR) is 92.2 cm³/mol. The Morgan fingerprint density at radius 3 is 2.88 bits per heavy atom. The molecule has 0 fully saturated rings. The van der Waals surface area contributed by atoms with Crippen LogP contribution in [0.5, 0.6) is 0 Å². The van der Waals surface area contributed by atoms with Gasteiger partial charge in [-0.15, -0.1) is 10.2 Å². The van der Waals surface area contributed by atoms with Gasteiger partial charge in [-0.1, -0.05) is 0 Å². The number of aryl methyl sites for hydroxylation is 1. The van der Waals surface area contributed by atoms with Gasteiger partial charge in [0.05, 0.1) is 19.4 Å². The van der Waals surface area contributed by atoms with Gasteiger partial charge in [-0.3, -0.25) is 4.79 Å². The standard InChI is InChI=1S/C17H20N8O/c1-12-13(2)19-10-20-16(12)17(26)24-5-3-6-25-14(21-22-15(25)9-24)8-23-7-4-18-11-23/h4,7,10-11H,3,5-6,8-9H2,1-2H3. The van der Waals surface area contributed by atoms with Crippen molar-refractivity contribution in [2.75, 3.05) is 6.54 Å². The average molecular weight is 352 g/mol. The van der Waals surface area contributed by atoms with Crippen molar-refractivity contribution >= 4 is 5.91 Å². The summed E-state index contributed by atoms with van der Waals surface area (Å²) in [6.45, 7) is 6.26. The maximum atomic E-state index is 13.0. The quantitative estimate of drug-likeness (QED) is 0.697. The van der Waals surface area contributed by atoms with Crippen molar-refractivity contribution in [2.24, 2.45) is 0 Å². The molecule has 0 bridgehead atoms. The van der Waals surface area contributed by atoms with Gasteiger partial charge in [0.15, 0.2) is 11.6 Å². The van der Waals surface area contributed by atoms with Gasteiger partial charge in [0.2, 0.25) is 0 Å². The van der Waals surface area contributed by atoms with Crippen LogP contribution in [0.1, 0.15) is 39.8 Å². The maximum Gasteiger partial charge on any atom is 0.273 e. The highest BCUT2D eigenvalue weighted by Crippen LogP contribution is 2.17. The highest BCUT2D eigenvalue weighted by Gasteiger charge is 2.25. The molecule has 1 aliphatic rings. The van der Waals surface area contributed by atoms with E-state index in [0.29, 0.717) is 25.3 Å². The van der Waals surface area contributed by atoms with Crippen molar-refractivity contribution in [3.05, 3.63) is 53.6 Å². The second kappa shape index (κ2) is 6.66. The third-order valence-corrected chi connectivity index (χ3v) is 4.76. The summed E-state index contributed by atoms with van der Waals surface area (Å²) in [5, 5.41) is 8.63. The van der Waals surface area contributed by atoms with E-state index in [1.807, 2.05) is 24.6 Å². The molecule has 3 aromatic heterocycles. The van der Waals surface area contributed by atoms with Crippen LogP contribution in [0.4, 0.5) is 0 Å². The van der Waals surface area contributed by atoms with Crippen molar-refractivity contribution in [1.29, 1.82) is 0 Å². The molecule has 9 nitrogen and oxygen atoms in total. The van der Waals surface area contributed by atoms with Crippen LogP contribution in [0, 0.1) is 13.8 Å². The molecule has 1 amide bonds. The van der Waals surface area contributed by atoms with E-state index in [-0.39, 0.29) is 5.91 Å². The summed E-state index contributed by atoms with van der Waals surface area (Å²) in [7, 11) is 0. The highest BCUT2D eigenvalue weighted by molar-refractivity contribution is 5.93. The zero-order chi connectivity index (χ0) is 18.1. The van der Waals surface area contributed by atoms with Crippen LogP contribution in [0.25, 0.3) is 0 Å². The number of carbonyl (C=O) groups is 1. The number of hydrogen-bond acceptors (Lipinski definition) is 6. The third-order valence-electron chi connectivity index (χ3n) is 4.76. The van der Waals surface area contributed by atoms with E-state index in [0.717, 1.165) is 35.9 Å². The Morgan fingerprint density at radius 2 is 2.08 bits per heavy atom. The summed E-state index contributed by atoms with van der Waals surface area (Å²) < 4.78 is 4.06. The van der Waals surface area contributed by atoms with Gasteiger partial charge in [0, 0.05) is 36.7 Å². The first kappa shape index (κ1) is 16.4. The highest BCUT2D eigenvalue weighted by atomic mass is 16.2. The molecule has 0 N–H and O–H groups in total. The fourth-order valence-electron chi connectivity index (χ4n) is 3.15. The van der Waals surface area contributed by atoms with Gasteiger partial charge < -0.3 is 14.0 Å². The van der Waals surface area contributed by atoms with Crippen molar-refractivity contribution in [1.82, 2.24) is 39.2 Å². The van der Waals surface area contributed by atoms with Crippen LogP contribution in [-0.2, 0) is 19.6 Å². The summed E-state index contributed by atoms with van der Waals surface area (Å²) >= 11 is 0. The summed E-state index contributed by atoms with van der Waals surface area (Å²) in [6.07, 6.45) is 7.69. The summed E-state index contributed by atoms with van der Waals surface area (Å²) in [5.74, 6) is 1.59. The van der Waals surface area contributed by atoms with E-state index in [2.05, 4.69) is 29.7 Å².